The Hall–Kier alpha value is -1.63. The molecule has 2 heterocycles. The second-order valence-electron chi connectivity index (χ2n) is 5.56. The van der Waals surface area contributed by atoms with Gasteiger partial charge in [0.15, 0.2) is 0 Å². The van der Waals surface area contributed by atoms with Crippen molar-refractivity contribution in [1.82, 2.24) is 4.57 Å². The zero-order valence-corrected chi connectivity index (χ0v) is 14.7. The van der Waals surface area contributed by atoms with E-state index in [2.05, 4.69) is 10.6 Å². The molecule has 0 bridgehead atoms. The van der Waals surface area contributed by atoms with Crippen LogP contribution in [0.5, 0.6) is 0 Å². The minimum atomic E-state index is -0.390. The second-order valence-corrected chi connectivity index (χ2v) is 6.59. The number of carbonyl (C=O) groups excluding carboxylic acids is 1. The molecule has 0 aliphatic carbocycles. The van der Waals surface area contributed by atoms with Crippen molar-refractivity contribution >= 4 is 17.3 Å². The van der Waals surface area contributed by atoms with E-state index in [0.717, 1.165) is 23.5 Å². The molecule has 1 unspecified atom stereocenters. The van der Waals surface area contributed by atoms with Gasteiger partial charge in [0.1, 0.15) is 0 Å². The van der Waals surface area contributed by atoms with Crippen molar-refractivity contribution < 1.29 is 14.6 Å². The molecule has 0 spiro atoms. The Morgan fingerprint density at radius 2 is 2.17 bits per heavy atom. The van der Waals surface area contributed by atoms with Crippen molar-refractivity contribution in [2.45, 2.75) is 39.8 Å². The van der Waals surface area contributed by atoms with Crippen molar-refractivity contribution in [3.05, 3.63) is 44.9 Å². The normalized spacial score (nSPS) is 12.4. The smallest absolute Gasteiger partial charge is 0.340 e. The number of nitrogens with two attached hydrogens (primary N) is 1. The molecule has 0 radical (unpaired) electrons. The molecule has 126 valence electrons. The first kappa shape index (κ1) is 17.7. The van der Waals surface area contributed by atoms with Gasteiger partial charge in [-0.05, 0) is 44.2 Å². The summed E-state index contributed by atoms with van der Waals surface area (Å²) in [4.78, 5) is 13.6. The maximum absolute atomic E-state index is 12.4. The summed E-state index contributed by atoms with van der Waals surface area (Å²) in [5, 5.41) is 11.3. The number of ether oxygens (including phenoxy) is 1. The van der Waals surface area contributed by atoms with Crippen molar-refractivity contribution in [3.8, 4) is 0 Å². The van der Waals surface area contributed by atoms with E-state index >= 15 is 0 Å². The summed E-state index contributed by atoms with van der Waals surface area (Å²) in [5.74, 6) is -0.321. The van der Waals surface area contributed by atoms with Crippen LogP contribution < -0.4 is 5.73 Å². The van der Waals surface area contributed by atoms with Crippen molar-refractivity contribution in [2.75, 3.05) is 13.2 Å². The van der Waals surface area contributed by atoms with Gasteiger partial charge in [-0.3, -0.25) is 0 Å². The lowest BCUT2D eigenvalue weighted by molar-refractivity contribution is 0.0524. The highest BCUT2D eigenvalue weighted by atomic mass is 32.1. The van der Waals surface area contributed by atoms with Gasteiger partial charge < -0.3 is 20.1 Å². The van der Waals surface area contributed by atoms with Crippen LogP contribution in [0, 0.1) is 13.8 Å². The largest absolute Gasteiger partial charge is 0.462 e. The van der Waals surface area contributed by atoms with Gasteiger partial charge in [-0.2, -0.15) is 0 Å². The topological polar surface area (TPSA) is 77.5 Å². The highest BCUT2D eigenvalue weighted by molar-refractivity contribution is 7.09. The lowest BCUT2D eigenvalue weighted by Crippen LogP contribution is -2.28. The van der Waals surface area contributed by atoms with E-state index in [1.54, 1.807) is 18.3 Å². The molecule has 0 saturated heterocycles. The SMILES string of the molecule is CCOC(=O)c1c(CC(N)CO)c(C)n(Cc2cccs2)c1C. The Kier molecular flexibility index (Phi) is 5.98. The highest BCUT2D eigenvalue weighted by Gasteiger charge is 2.25. The summed E-state index contributed by atoms with van der Waals surface area (Å²) in [6.45, 7) is 6.65. The number of hydrogen-bond donors (Lipinski definition) is 2. The van der Waals surface area contributed by atoms with Crippen molar-refractivity contribution in [1.29, 1.82) is 0 Å². The third-order valence-corrected chi connectivity index (χ3v) is 4.85. The average molecular weight is 336 g/mol. The second kappa shape index (κ2) is 7.77. The fourth-order valence-corrected chi connectivity index (χ4v) is 3.49. The molecule has 1 atom stereocenters. The summed E-state index contributed by atoms with van der Waals surface area (Å²) in [6, 6.07) is 3.70. The van der Waals surface area contributed by atoms with Crippen LogP contribution in [-0.4, -0.2) is 34.9 Å². The summed E-state index contributed by atoms with van der Waals surface area (Å²) in [7, 11) is 0. The Morgan fingerprint density at radius 1 is 1.43 bits per heavy atom. The Labute approximate surface area is 140 Å². The minimum Gasteiger partial charge on any atom is -0.462 e. The van der Waals surface area contributed by atoms with Gasteiger partial charge >= 0.3 is 5.97 Å². The number of aliphatic hydroxyl groups is 1. The first-order valence-corrected chi connectivity index (χ1v) is 8.62. The van der Waals surface area contributed by atoms with Crippen LogP contribution in [0.15, 0.2) is 17.5 Å². The minimum absolute atomic E-state index is 0.114. The van der Waals surface area contributed by atoms with Crippen molar-refractivity contribution in [2.24, 2.45) is 5.73 Å². The number of thiophene rings is 1. The quantitative estimate of drug-likeness (QED) is 0.760. The molecule has 0 aliphatic rings. The Balaban J connectivity index is 2.47. The van der Waals surface area contributed by atoms with E-state index in [9.17, 15) is 9.90 Å². The summed E-state index contributed by atoms with van der Waals surface area (Å²) in [5.41, 5.74) is 9.25. The molecule has 0 amide bonds. The van der Waals surface area contributed by atoms with E-state index < -0.39 is 0 Å². The zero-order chi connectivity index (χ0) is 17.0. The highest BCUT2D eigenvalue weighted by Crippen LogP contribution is 2.26. The molecule has 0 aromatic carbocycles. The number of aliphatic hydroxyl groups excluding tert-OH is 1. The summed E-state index contributed by atoms with van der Waals surface area (Å²) >= 11 is 1.69. The van der Waals surface area contributed by atoms with Gasteiger partial charge in [0.25, 0.3) is 0 Å². The first-order chi connectivity index (χ1) is 11.0. The molecule has 5 nitrogen and oxygen atoms in total. The lowest BCUT2D eigenvalue weighted by Gasteiger charge is -2.11. The number of hydrogen-bond acceptors (Lipinski definition) is 5. The number of esters is 1. The average Bonchev–Trinajstić information content (AvgIpc) is 3.11. The molecule has 2 aromatic heterocycles. The third kappa shape index (κ3) is 3.83. The maximum atomic E-state index is 12.4. The molecular formula is C17H24N2O3S. The summed E-state index contributed by atoms with van der Waals surface area (Å²) in [6.07, 6.45) is 0.453. The Bertz CT molecular complexity index is 662. The fourth-order valence-electron chi connectivity index (χ4n) is 2.79. The van der Waals surface area contributed by atoms with E-state index in [1.165, 1.54) is 4.88 Å². The molecule has 0 saturated carbocycles. The maximum Gasteiger partial charge on any atom is 0.340 e. The van der Waals surface area contributed by atoms with Crippen molar-refractivity contribution in [3.63, 3.8) is 0 Å². The zero-order valence-electron chi connectivity index (χ0n) is 13.8. The molecule has 0 aliphatic heterocycles. The lowest BCUT2D eigenvalue weighted by atomic mass is 10.0. The van der Waals surface area contributed by atoms with Crippen LogP contribution in [0.25, 0.3) is 0 Å². The fraction of sp³-hybridized carbons (Fsp3) is 0.471. The van der Waals surface area contributed by atoms with Crippen LogP contribution in [0.2, 0.25) is 0 Å². The molecule has 2 rings (SSSR count). The van der Waals surface area contributed by atoms with Gasteiger partial charge in [-0.1, -0.05) is 6.07 Å². The van der Waals surface area contributed by atoms with E-state index in [4.69, 9.17) is 10.5 Å². The summed E-state index contributed by atoms with van der Waals surface area (Å²) < 4.78 is 7.34. The van der Waals surface area contributed by atoms with Crippen LogP contribution in [0.1, 0.15) is 39.1 Å². The molecule has 2 aromatic rings. The number of rotatable bonds is 7. The Morgan fingerprint density at radius 3 is 2.74 bits per heavy atom. The molecular weight excluding hydrogens is 312 g/mol. The van der Waals surface area contributed by atoms with Crippen LogP contribution in [-0.2, 0) is 17.7 Å². The van der Waals surface area contributed by atoms with Gasteiger partial charge in [-0.15, -0.1) is 11.3 Å². The monoisotopic (exact) mass is 336 g/mol. The molecule has 0 fully saturated rings. The third-order valence-electron chi connectivity index (χ3n) is 3.98. The number of aromatic nitrogens is 1. The van der Waals surface area contributed by atoms with Crippen LogP contribution >= 0.6 is 11.3 Å². The number of carbonyl (C=O) groups is 1. The standard InChI is InChI=1S/C17H24N2O3S/c1-4-22-17(21)16-12(3)19(9-14-6-5-7-23-14)11(2)15(16)8-13(18)10-20/h5-7,13,20H,4,8-10,18H2,1-3H3. The van der Waals surface area contributed by atoms with Gasteiger partial charge in [0.2, 0.25) is 0 Å². The van der Waals surface area contributed by atoms with Gasteiger partial charge in [-0.25, -0.2) is 4.79 Å². The van der Waals surface area contributed by atoms with Gasteiger partial charge in [0.05, 0.1) is 25.3 Å². The number of nitrogens with zero attached hydrogens (tertiary/aromatic N) is 1. The first-order valence-electron chi connectivity index (χ1n) is 7.74. The van der Waals surface area contributed by atoms with Crippen LogP contribution in [0.3, 0.4) is 0 Å². The predicted molar refractivity (Wildman–Crippen MR) is 92.0 cm³/mol. The van der Waals surface area contributed by atoms with E-state index in [-0.39, 0.29) is 18.6 Å². The molecule has 23 heavy (non-hydrogen) atoms. The molecule has 3 N–H and O–H groups in total. The molecule has 6 heteroatoms. The van der Waals surface area contributed by atoms with E-state index in [0.29, 0.717) is 18.6 Å². The predicted octanol–water partition coefficient (Wildman–Crippen LogP) is 2.25. The van der Waals surface area contributed by atoms with E-state index in [1.807, 2.05) is 25.3 Å². The van der Waals surface area contributed by atoms with Gasteiger partial charge in [0, 0.05) is 22.3 Å². The van der Waals surface area contributed by atoms with Crippen LogP contribution in [0.4, 0.5) is 0 Å².